The van der Waals surface area contributed by atoms with Gasteiger partial charge in [0.15, 0.2) is 0 Å². The minimum absolute atomic E-state index is 0.0246. The molecule has 146 valence electrons. The van der Waals surface area contributed by atoms with Crippen LogP contribution in [0.5, 0.6) is 0 Å². The Labute approximate surface area is 173 Å². The highest BCUT2D eigenvalue weighted by Gasteiger charge is 2.47. The number of amides is 1. The van der Waals surface area contributed by atoms with Crippen molar-refractivity contribution >= 4 is 46.5 Å². The standard InChI is InChI=1S/C20H19Cl2N3O3/c1-20(19(27)28-2)12-25(24-18(20)13-6-4-3-5-7-13)11-17(26)23-14-8-9-15(21)16(22)10-14/h3-10H,11-12H2,1-2H3,(H,23,26). The van der Waals surface area contributed by atoms with E-state index in [0.717, 1.165) is 5.56 Å². The maximum Gasteiger partial charge on any atom is 0.319 e. The zero-order valence-corrected chi connectivity index (χ0v) is 16.9. The normalized spacial score (nSPS) is 18.6. The Morgan fingerprint density at radius 1 is 1.18 bits per heavy atom. The van der Waals surface area contributed by atoms with E-state index < -0.39 is 11.4 Å². The molecule has 1 aliphatic heterocycles. The van der Waals surface area contributed by atoms with Crippen molar-refractivity contribution in [3.8, 4) is 0 Å². The van der Waals surface area contributed by atoms with Crippen molar-refractivity contribution in [2.45, 2.75) is 6.92 Å². The lowest BCUT2D eigenvalue weighted by atomic mass is 9.82. The second-order valence-corrected chi connectivity index (χ2v) is 7.45. The number of esters is 1. The van der Waals surface area contributed by atoms with Crippen LogP contribution in [-0.4, -0.2) is 42.8 Å². The van der Waals surface area contributed by atoms with Gasteiger partial charge in [-0.05, 0) is 30.7 Å². The third-order valence-corrected chi connectivity index (χ3v) is 5.21. The average molecular weight is 420 g/mol. The number of rotatable bonds is 5. The molecule has 0 aliphatic carbocycles. The van der Waals surface area contributed by atoms with Crippen molar-refractivity contribution in [2.24, 2.45) is 10.5 Å². The number of carbonyl (C=O) groups is 2. The van der Waals surface area contributed by atoms with E-state index in [0.29, 0.717) is 21.4 Å². The molecule has 8 heteroatoms. The number of nitrogens with one attached hydrogen (secondary N) is 1. The first-order valence-electron chi connectivity index (χ1n) is 8.56. The van der Waals surface area contributed by atoms with E-state index in [1.165, 1.54) is 7.11 Å². The molecule has 1 aliphatic rings. The van der Waals surface area contributed by atoms with E-state index in [9.17, 15) is 9.59 Å². The smallest absolute Gasteiger partial charge is 0.319 e. The number of hydrogen-bond acceptors (Lipinski definition) is 5. The molecule has 1 heterocycles. The predicted molar refractivity (Wildman–Crippen MR) is 110 cm³/mol. The van der Waals surface area contributed by atoms with Gasteiger partial charge in [-0.2, -0.15) is 5.10 Å². The van der Waals surface area contributed by atoms with Crippen molar-refractivity contribution in [1.82, 2.24) is 5.01 Å². The molecule has 1 N–H and O–H groups in total. The molecular formula is C20H19Cl2N3O3. The molecule has 0 bridgehead atoms. The number of carbonyl (C=O) groups excluding carboxylic acids is 2. The largest absolute Gasteiger partial charge is 0.468 e. The van der Waals surface area contributed by atoms with Crippen LogP contribution in [0.4, 0.5) is 5.69 Å². The summed E-state index contributed by atoms with van der Waals surface area (Å²) in [5.41, 5.74) is 0.937. The number of anilines is 1. The molecule has 28 heavy (non-hydrogen) atoms. The monoisotopic (exact) mass is 419 g/mol. The predicted octanol–water partition coefficient (Wildman–Crippen LogP) is 3.83. The Morgan fingerprint density at radius 3 is 2.54 bits per heavy atom. The third kappa shape index (κ3) is 4.13. The van der Waals surface area contributed by atoms with Gasteiger partial charge >= 0.3 is 5.97 Å². The topological polar surface area (TPSA) is 71.0 Å². The molecule has 0 spiro atoms. The summed E-state index contributed by atoms with van der Waals surface area (Å²) in [6, 6.07) is 14.2. The Balaban J connectivity index is 1.78. The highest BCUT2D eigenvalue weighted by atomic mass is 35.5. The number of methoxy groups -OCH3 is 1. The lowest BCUT2D eigenvalue weighted by molar-refractivity contribution is -0.148. The van der Waals surface area contributed by atoms with Gasteiger partial charge in [-0.15, -0.1) is 0 Å². The van der Waals surface area contributed by atoms with Crippen LogP contribution in [0.2, 0.25) is 10.0 Å². The Morgan fingerprint density at radius 2 is 1.89 bits per heavy atom. The van der Waals surface area contributed by atoms with Gasteiger partial charge in [0.05, 0.1) is 29.4 Å². The maximum absolute atomic E-state index is 12.5. The molecule has 2 aromatic carbocycles. The fraction of sp³-hybridized carbons (Fsp3) is 0.250. The van der Waals surface area contributed by atoms with Crippen molar-refractivity contribution in [3.05, 3.63) is 64.1 Å². The summed E-state index contributed by atoms with van der Waals surface area (Å²) in [6.45, 7) is 1.98. The van der Waals surface area contributed by atoms with Gasteiger partial charge in [0.25, 0.3) is 0 Å². The Kier molecular flexibility index (Phi) is 5.91. The van der Waals surface area contributed by atoms with Crippen LogP contribution < -0.4 is 5.32 Å². The molecule has 0 radical (unpaired) electrons. The molecule has 2 aromatic rings. The lowest BCUT2D eigenvalue weighted by Crippen LogP contribution is -2.41. The molecule has 3 rings (SSSR count). The highest BCUT2D eigenvalue weighted by Crippen LogP contribution is 2.32. The average Bonchev–Trinajstić information content (AvgIpc) is 3.02. The van der Waals surface area contributed by atoms with E-state index in [1.54, 1.807) is 30.1 Å². The van der Waals surface area contributed by atoms with Crippen LogP contribution in [0.1, 0.15) is 12.5 Å². The minimum Gasteiger partial charge on any atom is -0.468 e. The summed E-state index contributed by atoms with van der Waals surface area (Å²) >= 11 is 11.9. The van der Waals surface area contributed by atoms with Gasteiger partial charge < -0.3 is 10.1 Å². The molecule has 1 unspecified atom stereocenters. The van der Waals surface area contributed by atoms with E-state index in [2.05, 4.69) is 10.4 Å². The van der Waals surface area contributed by atoms with Gasteiger partial charge in [0.1, 0.15) is 12.0 Å². The molecule has 6 nitrogen and oxygen atoms in total. The van der Waals surface area contributed by atoms with Crippen LogP contribution in [0, 0.1) is 5.41 Å². The number of benzene rings is 2. The minimum atomic E-state index is -0.972. The van der Waals surface area contributed by atoms with Crippen LogP contribution in [0.25, 0.3) is 0 Å². The highest BCUT2D eigenvalue weighted by molar-refractivity contribution is 6.42. The zero-order valence-electron chi connectivity index (χ0n) is 15.4. The fourth-order valence-corrected chi connectivity index (χ4v) is 3.42. The van der Waals surface area contributed by atoms with Gasteiger partial charge in [-0.3, -0.25) is 14.6 Å². The van der Waals surface area contributed by atoms with E-state index in [4.69, 9.17) is 27.9 Å². The van der Waals surface area contributed by atoms with Gasteiger partial charge in [0.2, 0.25) is 5.91 Å². The van der Waals surface area contributed by atoms with E-state index in [1.807, 2.05) is 30.3 Å². The van der Waals surface area contributed by atoms with Gasteiger partial charge in [-0.1, -0.05) is 53.5 Å². The van der Waals surface area contributed by atoms with Gasteiger partial charge in [0, 0.05) is 5.69 Å². The Bertz CT molecular complexity index is 934. The number of nitrogens with zero attached hydrogens (tertiary/aromatic N) is 2. The molecule has 0 saturated carbocycles. The van der Waals surface area contributed by atoms with Crippen LogP contribution in [-0.2, 0) is 14.3 Å². The van der Waals surface area contributed by atoms with E-state index in [-0.39, 0.29) is 19.0 Å². The first kappa shape index (κ1) is 20.2. The molecule has 0 fully saturated rings. The molecule has 1 amide bonds. The number of hydrazone groups is 1. The van der Waals surface area contributed by atoms with Crippen LogP contribution in [0.3, 0.4) is 0 Å². The zero-order chi connectivity index (χ0) is 20.3. The third-order valence-electron chi connectivity index (χ3n) is 4.48. The summed E-state index contributed by atoms with van der Waals surface area (Å²) in [7, 11) is 1.34. The summed E-state index contributed by atoms with van der Waals surface area (Å²) in [5.74, 6) is -0.689. The first-order valence-corrected chi connectivity index (χ1v) is 9.32. The molecular weight excluding hydrogens is 401 g/mol. The van der Waals surface area contributed by atoms with Crippen molar-refractivity contribution < 1.29 is 14.3 Å². The van der Waals surface area contributed by atoms with Crippen LogP contribution in [0.15, 0.2) is 53.6 Å². The lowest BCUT2D eigenvalue weighted by Gasteiger charge is -2.23. The summed E-state index contributed by atoms with van der Waals surface area (Å²) < 4.78 is 4.99. The first-order chi connectivity index (χ1) is 13.3. The van der Waals surface area contributed by atoms with Crippen molar-refractivity contribution in [1.29, 1.82) is 0 Å². The van der Waals surface area contributed by atoms with Crippen LogP contribution >= 0.6 is 23.2 Å². The molecule has 0 aromatic heterocycles. The summed E-state index contributed by atoms with van der Waals surface area (Å²) in [4.78, 5) is 24.9. The second-order valence-electron chi connectivity index (χ2n) is 6.64. The SMILES string of the molecule is COC(=O)C1(C)CN(CC(=O)Nc2ccc(Cl)c(Cl)c2)N=C1c1ccccc1. The second kappa shape index (κ2) is 8.20. The quantitative estimate of drug-likeness (QED) is 0.747. The molecule has 0 saturated heterocycles. The van der Waals surface area contributed by atoms with E-state index >= 15 is 0 Å². The van der Waals surface area contributed by atoms with Crippen molar-refractivity contribution in [2.75, 3.05) is 25.5 Å². The summed E-state index contributed by atoms with van der Waals surface area (Å²) in [5, 5.41) is 9.61. The van der Waals surface area contributed by atoms with Crippen molar-refractivity contribution in [3.63, 3.8) is 0 Å². The maximum atomic E-state index is 12.5. The number of hydrogen-bond donors (Lipinski definition) is 1. The summed E-state index contributed by atoms with van der Waals surface area (Å²) in [6.07, 6.45) is 0. The number of halogens is 2. The van der Waals surface area contributed by atoms with Gasteiger partial charge in [-0.25, -0.2) is 0 Å². The Hall–Kier alpha value is -2.57. The number of ether oxygens (including phenoxy) is 1. The molecule has 1 atom stereocenters. The fourth-order valence-electron chi connectivity index (χ4n) is 3.12.